The fourth-order valence-corrected chi connectivity index (χ4v) is 2.11. The van der Waals surface area contributed by atoms with Gasteiger partial charge < -0.3 is 10.6 Å². The van der Waals surface area contributed by atoms with Crippen molar-refractivity contribution in [3.63, 3.8) is 0 Å². The number of pyridine rings is 1. The first-order valence-corrected chi connectivity index (χ1v) is 7.76. The van der Waals surface area contributed by atoms with Crippen molar-refractivity contribution >= 4 is 17.5 Å². The lowest BCUT2D eigenvalue weighted by Gasteiger charge is -2.12. The molecule has 0 unspecified atom stereocenters. The van der Waals surface area contributed by atoms with E-state index in [-0.39, 0.29) is 11.8 Å². The van der Waals surface area contributed by atoms with Crippen molar-refractivity contribution in [3.05, 3.63) is 59.9 Å². The summed E-state index contributed by atoms with van der Waals surface area (Å²) in [4.78, 5) is 27.9. The maximum absolute atomic E-state index is 12.2. The van der Waals surface area contributed by atoms with E-state index in [0.29, 0.717) is 24.2 Å². The highest BCUT2D eigenvalue weighted by Crippen LogP contribution is 2.16. The van der Waals surface area contributed by atoms with Crippen LogP contribution >= 0.6 is 0 Å². The fourth-order valence-electron chi connectivity index (χ4n) is 2.11. The van der Waals surface area contributed by atoms with Crippen LogP contribution in [-0.2, 0) is 11.3 Å². The van der Waals surface area contributed by atoms with E-state index in [1.165, 1.54) is 6.20 Å². The Balaban J connectivity index is 2.00. The van der Waals surface area contributed by atoms with E-state index in [9.17, 15) is 9.59 Å². The Labute approximate surface area is 136 Å². The third-order valence-corrected chi connectivity index (χ3v) is 3.42. The maximum atomic E-state index is 12.2. The quantitative estimate of drug-likeness (QED) is 0.825. The molecule has 2 aromatic rings. The second-order valence-corrected chi connectivity index (χ2v) is 5.23. The molecule has 0 spiro atoms. The molecular weight excluding hydrogens is 290 g/mol. The van der Waals surface area contributed by atoms with E-state index in [0.717, 1.165) is 18.4 Å². The molecule has 0 fully saturated rings. The summed E-state index contributed by atoms with van der Waals surface area (Å²) in [5.41, 5.74) is 2.06. The van der Waals surface area contributed by atoms with Crippen molar-refractivity contribution in [2.24, 2.45) is 0 Å². The first-order chi connectivity index (χ1) is 11.2. The summed E-state index contributed by atoms with van der Waals surface area (Å²) in [5, 5.41) is 5.75. The standard InChI is InChI=1S/C18H21N3O2/c1-2-3-10-17(22)20-13-14-7-4-5-9-16(14)21-18(23)15-8-6-11-19-12-15/h4-9,11-12H,2-3,10,13H2,1H3,(H,20,22)(H,21,23). The van der Waals surface area contributed by atoms with Gasteiger partial charge in [0.25, 0.3) is 5.91 Å². The van der Waals surface area contributed by atoms with E-state index in [1.54, 1.807) is 18.3 Å². The molecule has 1 aromatic heterocycles. The van der Waals surface area contributed by atoms with Gasteiger partial charge in [0.15, 0.2) is 0 Å². The Morgan fingerprint density at radius 1 is 1.13 bits per heavy atom. The van der Waals surface area contributed by atoms with Gasteiger partial charge in [-0.15, -0.1) is 0 Å². The molecule has 2 N–H and O–H groups in total. The number of hydrogen-bond donors (Lipinski definition) is 2. The number of nitrogens with one attached hydrogen (secondary N) is 2. The van der Waals surface area contributed by atoms with Crippen molar-refractivity contribution in [3.8, 4) is 0 Å². The Bertz CT molecular complexity index is 656. The molecule has 0 bridgehead atoms. The van der Waals surface area contributed by atoms with Crippen molar-refractivity contribution < 1.29 is 9.59 Å². The van der Waals surface area contributed by atoms with Crippen molar-refractivity contribution in [2.75, 3.05) is 5.32 Å². The normalized spacial score (nSPS) is 10.1. The lowest BCUT2D eigenvalue weighted by Crippen LogP contribution is -2.23. The molecule has 0 aliphatic heterocycles. The largest absolute Gasteiger partial charge is 0.352 e. The smallest absolute Gasteiger partial charge is 0.257 e. The number of anilines is 1. The molecule has 0 saturated carbocycles. The Morgan fingerprint density at radius 3 is 2.70 bits per heavy atom. The van der Waals surface area contributed by atoms with Crippen LogP contribution in [0.3, 0.4) is 0 Å². The molecule has 1 aromatic carbocycles. The molecule has 1 heterocycles. The molecule has 23 heavy (non-hydrogen) atoms. The average molecular weight is 311 g/mol. The van der Waals surface area contributed by atoms with Gasteiger partial charge in [-0.25, -0.2) is 0 Å². The zero-order chi connectivity index (χ0) is 16.5. The van der Waals surface area contributed by atoms with Crippen LogP contribution in [0.2, 0.25) is 0 Å². The molecule has 120 valence electrons. The molecule has 0 radical (unpaired) electrons. The highest BCUT2D eigenvalue weighted by atomic mass is 16.2. The average Bonchev–Trinajstić information content (AvgIpc) is 2.60. The van der Waals surface area contributed by atoms with Gasteiger partial charge in [-0.05, 0) is 30.2 Å². The van der Waals surface area contributed by atoms with Crippen LogP contribution in [0.5, 0.6) is 0 Å². The first-order valence-electron chi connectivity index (χ1n) is 7.76. The van der Waals surface area contributed by atoms with Gasteiger partial charge >= 0.3 is 0 Å². The van der Waals surface area contributed by atoms with Crippen LogP contribution in [0.4, 0.5) is 5.69 Å². The third kappa shape index (κ3) is 5.21. The molecule has 5 heteroatoms. The molecule has 0 saturated heterocycles. The van der Waals surface area contributed by atoms with E-state index in [2.05, 4.69) is 22.5 Å². The second-order valence-electron chi connectivity index (χ2n) is 5.23. The summed E-state index contributed by atoms with van der Waals surface area (Å²) >= 11 is 0. The van der Waals surface area contributed by atoms with E-state index >= 15 is 0 Å². The minimum atomic E-state index is -0.220. The molecule has 2 rings (SSSR count). The second kappa shape index (κ2) is 8.68. The molecular formula is C18H21N3O2. The molecule has 0 aliphatic rings. The summed E-state index contributed by atoms with van der Waals surface area (Å²) in [6.45, 7) is 2.45. The predicted molar refractivity (Wildman–Crippen MR) is 90.0 cm³/mol. The molecule has 2 amide bonds. The third-order valence-electron chi connectivity index (χ3n) is 3.42. The SMILES string of the molecule is CCCCC(=O)NCc1ccccc1NC(=O)c1cccnc1. The lowest BCUT2D eigenvalue weighted by molar-refractivity contribution is -0.121. The number of para-hydroxylation sites is 1. The van der Waals surface area contributed by atoms with Crippen LogP contribution in [0.1, 0.15) is 42.1 Å². The first kappa shape index (κ1) is 16.7. The van der Waals surface area contributed by atoms with E-state index < -0.39 is 0 Å². The minimum absolute atomic E-state index is 0.0280. The number of rotatable bonds is 7. The number of carbonyl (C=O) groups is 2. The van der Waals surface area contributed by atoms with Crippen LogP contribution in [0.25, 0.3) is 0 Å². The number of aromatic nitrogens is 1. The number of hydrogen-bond acceptors (Lipinski definition) is 3. The summed E-state index contributed by atoms with van der Waals surface area (Å²) in [6.07, 6.45) is 5.54. The molecule has 5 nitrogen and oxygen atoms in total. The maximum Gasteiger partial charge on any atom is 0.257 e. The van der Waals surface area contributed by atoms with Crippen LogP contribution in [0.15, 0.2) is 48.8 Å². The van der Waals surface area contributed by atoms with Crippen molar-refractivity contribution in [1.29, 1.82) is 0 Å². The molecule has 0 atom stereocenters. The summed E-state index contributed by atoms with van der Waals surface area (Å²) in [7, 11) is 0. The van der Waals surface area contributed by atoms with Gasteiger partial charge in [0.1, 0.15) is 0 Å². The van der Waals surface area contributed by atoms with E-state index in [4.69, 9.17) is 0 Å². The highest BCUT2D eigenvalue weighted by Gasteiger charge is 2.09. The summed E-state index contributed by atoms with van der Waals surface area (Å²) in [6, 6.07) is 10.9. The van der Waals surface area contributed by atoms with Gasteiger partial charge in [-0.1, -0.05) is 31.5 Å². The lowest BCUT2D eigenvalue weighted by atomic mass is 10.1. The van der Waals surface area contributed by atoms with Crippen molar-refractivity contribution in [2.45, 2.75) is 32.7 Å². The predicted octanol–water partition coefficient (Wildman–Crippen LogP) is 3.14. The monoisotopic (exact) mass is 311 g/mol. The van der Waals surface area contributed by atoms with Crippen LogP contribution in [-0.4, -0.2) is 16.8 Å². The topological polar surface area (TPSA) is 71.1 Å². The number of unbranched alkanes of at least 4 members (excludes halogenated alkanes) is 1. The van der Waals surface area contributed by atoms with Gasteiger partial charge in [-0.3, -0.25) is 14.6 Å². The highest BCUT2D eigenvalue weighted by molar-refractivity contribution is 6.04. The Hall–Kier alpha value is -2.69. The Kier molecular flexibility index (Phi) is 6.29. The van der Waals surface area contributed by atoms with Crippen LogP contribution < -0.4 is 10.6 Å². The van der Waals surface area contributed by atoms with Crippen molar-refractivity contribution in [1.82, 2.24) is 10.3 Å². The van der Waals surface area contributed by atoms with Gasteiger partial charge in [0, 0.05) is 31.0 Å². The number of nitrogens with zero attached hydrogens (tertiary/aromatic N) is 1. The number of benzene rings is 1. The fraction of sp³-hybridized carbons (Fsp3) is 0.278. The van der Waals surface area contributed by atoms with Gasteiger partial charge in [0.05, 0.1) is 5.56 Å². The van der Waals surface area contributed by atoms with Crippen LogP contribution in [0, 0.1) is 0 Å². The Morgan fingerprint density at radius 2 is 1.96 bits per heavy atom. The number of carbonyl (C=O) groups excluding carboxylic acids is 2. The van der Waals surface area contributed by atoms with Gasteiger partial charge in [0.2, 0.25) is 5.91 Å². The van der Waals surface area contributed by atoms with Gasteiger partial charge in [-0.2, -0.15) is 0 Å². The van der Waals surface area contributed by atoms with E-state index in [1.807, 2.05) is 24.3 Å². The minimum Gasteiger partial charge on any atom is -0.352 e. The molecule has 0 aliphatic carbocycles. The summed E-state index contributed by atoms with van der Waals surface area (Å²) in [5.74, 6) is -0.192. The summed E-state index contributed by atoms with van der Waals surface area (Å²) < 4.78 is 0. The zero-order valence-corrected chi connectivity index (χ0v) is 13.2. The number of amides is 2. The zero-order valence-electron chi connectivity index (χ0n) is 13.2.